The molecule has 1 heterocycles. The number of nitro benzene ring substituents is 1. The van der Waals surface area contributed by atoms with Crippen LogP contribution in [0.25, 0.3) is 0 Å². The monoisotopic (exact) mass is 725 g/mol. The van der Waals surface area contributed by atoms with E-state index in [-0.39, 0.29) is 54.8 Å². The van der Waals surface area contributed by atoms with Crippen molar-refractivity contribution < 1.29 is 43.0 Å². The van der Waals surface area contributed by atoms with Gasteiger partial charge < -0.3 is 29.2 Å². The van der Waals surface area contributed by atoms with Crippen molar-refractivity contribution in [2.75, 3.05) is 18.1 Å². The molecule has 0 saturated heterocycles. The van der Waals surface area contributed by atoms with Crippen LogP contribution in [0.2, 0.25) is 0 Å². The summed E-state index contributed by atoms with van der Waals surface area (Å²) in [7, 11) is 0. The molecule has 2 amide bonds. The van der Waals surface area contributed by atoms with Crippen LogP contribution in [0.5, 0.6) is 17.2 Å². The Morgan fingerprint density at radius 3 is 2.11 bits per heavy atom. The van der Waals surface area contributed by atoms with Crippen LogP contribution >= 0.6 is 0 Å². The van der Waals surface area contributed by atoms with Crippen molar-refractivity contribution in [2.45, 2.75) is 19.6 Å². The summed E-state index contributed by atoms with van der Waals surface area (Å²) in [6.45, 7) is 0.0522. The van der Waals surface area contributed by atoms with Crippen LogP contribution in [0.4, 0.5) is 16.2 Å². The molecule has 270 valence electrons. The second-order valence-electron chi connectivity index (χ2n) is 11.7. The highest BCUT2D eigenvalue weighted by atomic mass is 16.7. The number of esters is 1. The van der Waals surface area contributed by atoms with Crippen LogP contribution in [-0.4, -0.2) is 42.0 Å². The molecule has 5 aromatic carbocycles. The molecule has 0 spiro atoms. The van der Waals surface area contributed by atoms with Gasteiger partial charge in [0.2, 0.25) is 5.91 Å². The first-order valence-electron chi connectivity index (χ1n) is 16.6. The predicted molar refractivity (Wildman–Crippen MR) is 195 cm³/mol. The molecule has 0 aliphatic carbocycles. The first-order chi connectivity index (χ1) is 26.2. The number of carbonyl (C=O) groups is 4. The zero-order valence-corrected chi connectivity index (χ0v) is 28.6. The highest BCUT2D eigenvalue weighted by molar-refractivity contribution is 5.95. The maximum absolute atomic E-state index is 13.4. The van der Waals surface area contributed by atoms with Crippen molar-refractivity contribution in [2.24, 2.45) is 0 Å². The van der Waals surface area contributed by atoms with Gasteiger partial charge in [0.1, 0.15) is 23.9 Å². The third-order valence-corrected chi connectivity index (χ3v) is 8.03. The summed E-state index contributed by atoms with van der Waals surface area (Å²) in [6.07, 6.45) is -0.919. The average molecular weight is 726 g/mol. The lowest BCUT2D eigenvalue weighted by atomic mass is 10.0. The number of rotatable bonds is 12. The maximum Gasteiger partial charge on any atom is 0.514 e. The van der Waals surface area contributed by atoms with Gasteiger partial charge in [-0.25, -0.2) is 9.59 Å². The number of hydrogen-bond acceptors (Lipinski definition) is 10. The third kappa shape index (κ3) is 9.65. The Balaban J connectivity index is 0.914. The number of nitro groups is 1. The first kappa shape index (κ1) is 36.3. The number of amides is 2. The highest BCUT2D eigenvalue weighted by Crippen LogP contribution is 2.26. The third-order valence-electron chi connectivity index (χ3n) is 8.03. The summed E-state index contributed by atoms with van der Waals surface area (Å²) < 4.78 is 21.1. The van der Waals surface area contributed by atoms with Crippen LogP contribution in [0.3, 0.4) is 0 Å². The Morgan fingerprint density at radius 1 is 0.741 bits per heavy atom. The van der Waals surface area contributed by atoms with E-state index >= 15 is 0 Å². The normalized spacial score (nSPS) is 11.2. The summed E-state index contributed by atoms with van der Waals surface area (Å²) in [4.78, 5) is 62.4. The summed E-state index contributed by atoms with van der Waals surface area (Å²) in [5, 5.41) is 13.5. The summed E-state index contributed by atoms with van der Waals surface area (Å²) in [5.41, 5.74) is 3.96. The first-order valence-corrected chi connectivity index (χ1v) is 16.6. The van der Waals surface area contributed by atoms with Gasteiger partial charge in [-0.15, -0.1) is 0 Å². The molecule has 1 aliphatic heterocycles. The number of benzene rings is 5. The van der Waals surface area contributed by atoms with Crippen LogP contribution in [0.1, 0.15) is 39.0 Å². The van der Waals surface area contributed by atoms with Crippen molar-refractivity contribution >= 4 is 35.3 Å². The fraction of sp³-hybridized carbons (Fsp3) is 0.122. The SMILES string of the molecule is O=C(COc1ccc(C(=O)Oc2ccc(COC(=O)Oc3ccc([N+](=O)[O-])cc3)cc2)cc1)NCCC(=O)N1Cc2ccccc2C#Cc2ccccc21. The summed E-state index contributed by atoms with van der Waals surface area (Å²) in [6, 6.07) is 32.5. The maximum atomic E-state index is 13.4. The molecule has 1 N–H and O–H groups in total. The van der Waals surface area contributed by atoms with E-state index in [2.05, 4.69) is 17.2 Å². The molecule has 0 aromatic heterocycles. The van der Waals surface area contributed by atoms with E-state index < -0.39 is 23.0 Å². The van der Waals surface area contributed by atoms with E-state index in [1.807, 2.05) is 48.5 Å². The van der Waals surface area contributed by atoms with Crippen LogP contribution in [-0.2, 0) is 27.5 Å². The molecule has 0 atom stereocenters. The van der Waals surface area contributed by atoms with Gasteiger partial charge in [0, 0.05) is 36.2 Å². The van der Waals surface area contributed by atoms with E-state index in [0.29, 0.717) is 17.9 Å². The van der Waals surface area contributed by atoms with Gasteiger partial charge in [0.25, 0.3) is 11.6 Å². The minimum atomic E-state index is -0.993. The van der Waals surface area contributed by atoms with Gasteiger partial charge in [-0.3, -0.25) is 19.7 Å². The largest absolute Gasteiger partial charge is 0.514 e. The topological polar surface area (TPSA) is 164 Å². The minimum Gasteiger partial charge on any atom is -0.484 e. The number of non-ortho nitro benzene ring substituents is 1. The zero-order chi connectivity index (χ0) is 37.9. The van der Waals surface area contributed by atoms with Gasteiger partial charge in [0.15, 0.2) is 6.61 Å². The molecule has 0 radical (unpaired) electrons. The smallest absolute Gasteiger partial charge is 0.484 e. The zero-order valence-electron chi connectivity index (χ0n) is 28.6. The van der Waals surface area contributed by atoms with Gasteiger partial charge >= 0.3 is 12.1 Å². The molecule has 13 nitrogen and oxygen atoms in total. The molecule has 0 unspecified atom stereocenters. The molecule has 54 heavy (non-hydrogen) atoms. The fourth-order valence-corrected chi connectivity index (χ4v) is 5.26. The van der Waals surface area contributed by atoms with Crippen molar-refractivity contribution in [1.29, 1.82) is 0 Å². The predicted octanol–water partition coefficient (Wildman–Crippen LogP) is 6.36. The fourth-order valence-electron chi connectivity index (χ4n) is 5.26. The van der Waals surface area contributed by atoms with E-state index in [1.54, 1.807) is 17.0 Å². The lowest BCUT2D eigenvalue weighted by molar-refractivity contribution is -0.384. The Hall–Kier alpha value is -7.46. The number of hydrogen-bond donors (Lipinski definition) is 1. The summed E-state index contributed by atoms with van der Waals surface area (Å²) >= 11 is 0. The van der Waals surface area contributed by atoms with E-state index in [9.17, 15) is 29.3 Å². The lowest BCUT2D eigenvalue weighted by Gasteiger charge is -2.26. The molecule has 0 bridgehead atoms. The Bertz CT molecular complexity index is 2240. The van der Waals surface area contributed by atoms with Gasteiger partial charge in [-0.05, 0) is 77.9 Å². The van der Waals surface area contributed by atoms with Crippen molar-refractivity contribution in [3.8, 4) is 29.1 Å². The van der Waals surface area contributed by atoms with Crippen molar-refractivity contribution in [3.63, 3.8) is 0 Å². The van der Waals surface area contributed by atoms with Crippen LogP contribution < -0.4 is 24.4 Å². The van der Waals surface area contributed by atoms with Crippen LogP contribution in [0.15, 0.2) is 121 Å². The number of carbonyl (C=O) groups excluding carboxylic acids is 4. The number of nitrogens with zero attached hydrogens (tertiary/aromatic N) is 2. The van der Waals surface area contributed by atoms with E-state index in [0.717, 1.165) is 22.4 Å². The number of anilines is 1. The average Bonchev–Trinajstić information content (AvgIpc) is 3.18. The highest BCUT2D eigenvalue weighted by Gasteiger charge is 2.21. The molecule has 0 fully saturated rings. The number of nitrogens with one attached hydrogen (secondary N) is 1. The second-order valence-corrected chi connectivity index (χ2v) is 11.7. The van der Waals surface area contributed by atoms with Crippen molar-refractivity contribution in [3.05, 3.63) is 159 Å². The van der Waals surface area contributed by atoms with Gasteiger partial charge in [0.05, 0.1) is 22.7 Å². The second kappa shape index (κ2) is 17.2. The molecule has 1 aliphatic rings. The Morgan fingerprint density at radius 2 is 1.37 bits per heavy atom. The number of ether oxygens (including phenoxy) is 4. The van der Waals surface area contributed by atoms with Gasteiger partial charge in [-0.1, -0.05) is 54.3 Å². The minimum absolute atomic E-state index is 0.0732. The number of para-hydroxylation sites is 1. The van der Waals surface area contributed by atoms with Crippen molar-refractivity contribution in [1.82, 2.24) is 5.32 Å². The standard InChI is InChI=1S/C41H31N3O10/c45-38(42-24-23-39(46)43-25-32-7-2-1-5-29(32)11-12-30-6-3-4-8-37(30)43)27-51-34-19-13-31(14-20-34)40(47)53-35-17-9-28(10-18-35)26-52-41(48)54-36-21-15-33(16-22-36)44(49)50/h1-10,13-22H,23-27H2,(H,42,45). The molecule has 5 aromatic rings. The lowest BCUT2D eigenvalue weighted by Crippen LogP contribution is -2.36. The quantitative estimate of drug-likeness (QED) is 0.0382. The van der Waals surface area contributed by atoms with Crippen LogP contribution in [0, 0.1) is 22.0 Å². The van der Waals surface area contributed by atoms with E-state index in [4.69, 9.17) is 18.9 Å². The van der Waals surface area contributed by atoms with Gasteiger partial charge in [-0.2, -0.15) is 0 Å². The molecular formula is C41H31N3O10. The van der Waals surface area contributed by atoms with E-state index in [1.165, 1.54) is 60.7 Å². The molecule has 6 rings (SSSR count). The Labute approximate surface area is 309 Å². The Kier molecular flexibility index (Phi) is 11.6. The number of fused-ring (bicyclic) bond motifs is 2. The molecule has 0 saturated carbocycles. The molecule has 13 heteroatoms. The summed E-state index contributed by atoms with van der Waals surface area (Å²) in [5.74, 6) is 5.86. The molecular weight excluding hydrogens is 694 g/mol.